The molecule has 0 atom stereocenters. The highest BCUT2D eigenvalue weighted by atomic mass is 32.1. The number of hydrogen-bond acceptors (Lipinski definition) is 4. The molecule has 6 heteroatoms. The van der Waals surface area contributed by atoms with Crippen LogP contribution in [0.5, 0.6) is 0 Å². The lowest BCUT2D eigenvalue weighted by atomic mass is 10.1. The predicted molar refractivity (Wildman–Crippen MR) is 86.9 cm³/mol. The van der Waals surface area contributed by atoms with E-state index in [1.165, 1.54) is 32.1 Å². The molecule has 0 spiro atoms. The van der Waals surface area contributed by atoms with E-state index in [2.05, 4.69) is 32.7 Å². The summed E-state index contributed by atoms with van der Waals surface area (Å²) in [5, 5.41) is 14.6. The number of anilines is 1. The Balaban J connectivity index is 2.15. The van der Waals surface area contributed by atoms with Gasteiger partial charge in [0.1, 0.15) is 0 Å². The molecule has 0 unspecified atom stereocenters. The van der Waals surface area contributed by atoms with Crippen molar-refractivity contribution in [3.63, 3.8) is 0 Å². The summed E-state index contributed by atoms with van der Waals surface area (Å²) in [4.78, 5) is 4.28. The molecule has 0 radical (unpaired) electrons. The molecule has 0 aromatic carbocycles. The molecule has 0 aliphatic heterocycles. The van der Waals surface area contributed by atoms with Gasteiger partial charge in [0, 0.05) is 6.54 Å². The Hall–Kier alpha value is -1.30. The van der Waals surface area contributed by atoms with Crippen molar-refractivity contribution in [3.05, 3.63) is 11.4 Å². The largest absolute Gasteiger partial charge is 0.362 e. The molecule has 0 saturated carbocycles. The molecule has 1 aromatic rings. The summed E-state index contributed by atoms with van der Waals surface area (Å²) in [6.07, 6.45) is 7.65. The minimum absolute atomic E-state index is 0.452. The number of nitrogens with one attached hydrogen (secondary N) is 2. The van der Waals surface area contributed by atoms with Crippen molar-refractivity contribution in [2.45, 2.75) is 59.3 Å². The van der Waals surface area contributed by atoms with E-state index in [1.807, 2.05) is 13.8 Å². The van der Waals surface area contributed by atoms with Crippen LogP contribution in [0.2, 0.25) is 0 Å². The average Bonchev–Trinajstić information content (AvgIpc) is 2.42. The summed E-state index contributed by atoms with van der Waals surface area (Å²) in [6, 6.07) is 0. The Morgan fingerprint density at radius 2 is 1.70 bits per heavy atom. The number of aryl methyl sites for hydroxylation is 2. The molecule has 0 amide bonds. The predicted octanol–water partition coefficient (Wildman–Crippen LogP) is 3.14. The van der Waals surface area contributed by atoms with Gasteiger partial charge >= 0.3 is 0 Å². The first-order chi connectivity index (χ1) is 9.63. The highest BCUT2D eigenvalue weighted by Gasteiger charge is 2.03. The Bertz CT molecular complexity index is 422. The molecule has 1 aromatic heterocycles. The highest BCUT2D eigenvalue weighted by Crippen LogP contribution is 2.04. The SMILES string of the molecule is CCCCCCCCNC(=S)Nc1nnc(C)c(C)n1. The lowest BCUT2D eigenvalue weighted by Gasteiger charge is -2.09. The second kappa shape index (κ2) is 9.58. The number of thiocarbonyl (C=S) groups is 1. The van der Waals surface area contributed by atoms with Crippen molar-refractivity contribution in [2.24, 2.45) is 0 Å². The van der Waals surface area contributed by atoms with E-state index in [0.717, 1.165) is 24.4 Å². The maximum absolute atomic E-state index is 5.20. The monoisotopic (exact) mass is 295 g/mol. The molecule has 0 saturated heterocycles. The van der Waals surface area contributed by atoms with Crippen LogP contribution in [0.4, 0.5) is 5.95 Å². The number of rotatable bonds is 8. The second-order valence-corrected chi connectivity index (χ2v) is 5.36. The summed E-state index contributed by atoms with van der Waals surface area (Å²) in [7, 11) is 0. The number of unbranched alkanes of at least 4 members (excludes halogenated alkanes) is 5. The smallest absolute Gasteiger partial charge is 0.249 e. The Morgan fingerprint density at radius 3 is 2.40 bits per heavy atom. The summed E-state index contributed by atoms with van der Waals surface area (Å²) in [6.45, 7) is 6.90. The Kier molecular flexibility index (Phi) is 8.02. The third-order valence-electron chi connectivity index (χ3n) is 3.13. The second-order valence-electron chi connectivity index (χ2n) is 4.95. The van der Waals surface area contributed by atoms with Gasteiger partial charge < -0.3 is 5.32 Å². The van der Waals surface area contributed by atoms with E-state index in [4.69, 9.17) is 12.2 Å². The lowest BCUT2D eigenvalue weighted by molar-refractivity contribution is 0.603. The minimum Gasteiger partial charge on any atom is -0.362 e. The van der Waals surface area contributed by atoms with E-state index in [1.54, 1.807) is 0 Å². The van der Waals surface area contributed by atoms with Crippen molar-refractivity contribution >= 4 is 23.3 Å². The molecule has 2 N–H and O–H groups in total. The molecular formula is C14H25N5S. The van der Waals surface area contributed by atoms with Crippen LogP contribution < -0.4 is 10.6 Å². The van der Waals surface area contributed by atoms with Crippen LogP contribution in [0.1, 0.15) is 56.8 Å². The maximum Gasteiger partial charge on any atom is 0.249 e. The summed E-state index contributed by atoms with van der Waals surface area (Å²) in [5.41, 5.74) is 1.70. The van der Waals surface area contributed by atoms with Gasteiger partial charge in [0.05, 0.1) is 11.4 Å². The van der Waals surface area contributed by atoms with Crippen LogP contribution in [0.3, 0.4) is 0 Å². The molecule has 0 aliphatic carbocycles. The molecule has 0 fully saturated rings. The van der Waals surface area contributed by atoms with Crippen LogP contribution in [0.25, 0.3) is 0 Å². The van der Waals surface area contributed by atoms with Crippen molar-refractivity contribution in [3.8, 4) is 0 Å². The topological polar surface area (TPSA) is 62.7 Å². The first kappa shape index (κ1) is 16.8. The van der Waals surface area contributed by atoms with Gasteiger partial charge in [0.25, 0.3) is 0 Å². The van der Waals surface area contributed by atoms with Crippen molar-refractivity contribution in [2.75, 3.05) is 11.9 Å². The van der Waals surface area contributed by atoms with Crippen LogP contribution >= 0.6 is 12.2 Å². The number of hydrogen-bond donors (Lipinski definition) is 2. The van der Waals surface area contributed by atoms with Gasteiger partial charge in [-0.2, -0.15) is 5.10 Å². The van der Waals surface area contributed by atoms with E-state index in [0.29, 0.717) is 11.1 Å². The fourth-order valence-corrected chi connectivity index (χ4v) is 1.96. The summed E-state index contributed by atoms with van der Waals surface area (Å²) in [5.74, 6) is 0.452. The first-order valence-corrected chi connectivity index (χ1v) is 7.77. The first-order valence-electron chi connectivity index (χ1n) is 7.36. The van der Waals surface area contributed by atoms with Gasteiger partial charge in [-0.15, -0.1) is 5.10 Å². The average molecular weight is 295 g/mol. The van der Waals surface area contributed by atoms with Crippen molar-refractivity contribution in [1.82, 2.24) is 20.5 Å². The quantitative estimate of drug-likeness (QED) is 0.567. The Morgan fingerprint density at radius 1 is 1.00 bits per heavy atom. The van der Waals surface area contributed by atoms with Crippen LogP contribution in [-0.4, -0.2) is 26.8 Å². The van der Waals surface area contributed by atoms with E-state index in [-0.39, 0.29) is 0 Å². The van der Waals surface area contributed by atoms with E-state index < -0.39 is 0 Å². The van der Waals surface area contributed by atoms with Gasteiger partial charge in [-0.1, -0.05) is 39.0 Å². The fourth-order valence-electron chi connectivity index (χ4n) is 1.76. The third-order valence-corrected chi connectivity index (χ3v) is 3.38. The molecule has 1 heterocycles. The van der Waals surface area contributed by atoms with Crippen molar-refractivity contribution in [1.29, 1.82) is 0 Å². The fraction of sp³-hybridized carbons (Fsp3) is 0.714. The minimum atomic E-state index is 0.452. The van der Waals surface area contributed by atoms with Crippen LogP contribution in [-0.2, 0) is 0 Å². The normalized spacial score (nSPS) is 10.3. The zero-order chi connectivity index (χ0) is 14.8. The number of aromatic nitrogens is 3. The molecule has 0 bridgehead atoms. The zero-order valence-corrected chi connectivity index (χ0v) is 13.5. The van der Waals surface area contributed by atoms with Crippen LogP contribution in [0.15, 0.2) is 0 Å². The van der Waals surface area contributed by atoms with Gasteiger partial charge in [-0.05, 0) is 32.5 Å². The van der Waals surface area contributed by atoms with E-state index in [9.17, 15) is 0 Å². The third kappa shape index (κ3) is 6.75. The van der Waals surface area contributed by atoms with Gasteiger partial charge in [0.2, 0.25) is 5.95 Å². The Labute approximate surface area is 127 Å². The molecule has 5 nitrogen and oxygen atoms in total. The van der Waals surface area contributed by atoms with Gasteiger partial charge in [-0.25, -0.2) is 4.98 Å². The lowest BCUT2D eigenvalue weighted by Crippen LogP contribution is -2.30. The van der Waals surface area contributed by atoms with Gasteiger partial charge in [-0.3, -0.25) is 5.32 Å². The molecule has 0 aliphatic rings. The molecule has 20 heavy (non-hydrogen) atoms. The maximum atomic E-state index is 5.20. The number of nitrogens with zero attached hydrogens (tertiary/aromatic N) is 3. The molecule has 112 valence electrons. The van der Waals surface area contributed by atoms with E-state index >= 15 is 0 Å². The highest BCUT2D eigenvalue weighted by molar-refractivity contribution is 7.80. The zero-order valence-electron chi connectivity index (χ0n) is 12.7. The van der Waals surface area contributed by atoms with Crippen molar-refractivity contribution < 1.29 is 0 Å². The summed E-state index contributed by atoms with van der Waals surface area (Å²) < 4.78 is 0. The summed E-state index contributed by atoms with van der Waals surface area (Å²) >= 11 is 5.20. The van der Waals surface area contributed by atoms with Crippen LogP contribution in [0, 0.1) is 13.8 Å². The standard InChI is InChI=1S/C14H25N5S/c1-4-5-6-7-8-9-10-15-14(20)17-13-16-11(2)12(3)18-19-13/h4-10H2,1-3H3,(H2,15,16,17,19,20). The molecule has 1 rings (SSSR count). The van der Waals surface area contributed by atoms with Gasteiger partial charge in [0.15, 0.2) is 5.11 Å². The molecular weight excluding hydrogens is 270 g/mol.